The van der Waals surface area contributed by atoms with Crippen molar-refractivity contribution >= 4 is 29.9 Å². The number of rotatable bonds is 8. The maximum Gasteiger partial charge on any atom is 0.193 e. The van der Waals surface area contributed by atoms with Crippen LogP contribution in [0.15, 0.2) is 41.9 Å². The van der Waals surface area contributed by atoms with Gasteiger partial charge in [-0.3, -0.25) is 9.89 Å². The smallest absolute Gasteiger partial charge is 0.193 e. The van der Waals surface area contributed by atoms with Gasteiger partial charge in [0.05, 0.1) is 0 Å². The van der Waals surface area contributed by atoms with Crippen molar-refractivity contribution in [1.29, 1.82) is 0 Å². The first-order valence-corrected chi connectivity index (χ1v) is 10.1. The van der Waals surface area contributed by atoms with Gasteiger partial charge in [-0.1, -0.05) is 30.3 Å². The van der Waals surface area contributed by atoms with Crippen molar-refractivity contribution in [3.63, 3.8) is 0 Å². The van der Waals surface area contributed by atoms with Crippen LogP contribution in [0.4, 0.5) is 0 Å². The summed E-state index contributed by atoms with van der Waals surface area (Å²) in [6, 6.07) is 9.00. The molecule has 0 unspecified atom stereocenters. The van der Waals surface area contributed by atoms with E-state index in [2.05, 4.69) is 69.9 Å². The molecular weight excluding hydrogens is 461 g/mol. The molecule has 1 saturated heterocycles. The highest BCUT2D eigenvalue weighted by Crippen LogP contribution is 2.10. The number of hydrogen-bond acceptors (Lipinski definition) is 3. The summed E-state index contributed by atoms with van der Waals surface area (Å²) in [5.41, 5.74) is 2.68. The van der Waals surface area contributed by atoms with Crippen molar-refractivity contribution in [3.8, 4) is 0 Å². The van der Waals surface area contributed by atoms with E-state index in [0.717, 1.165) is 45.0 Å². The molecule has 158 valence electrons. The molecule has 28 heavy (non-hydrogen) atoms. The average molecular weight is 499 g/mol. The SMILES string of the molecule is C=CCCCN(C)C(=NC)NCc1ccc(CN2CCCN(C)CC2)cc1.I. The number of likely N-dealkylation sites (N-methyl/N-ethyl adjacent to an activating group) is 1. The Bertz CT molecular complexity index is 587. The number of hydrogen-bond donors (Lipinski definition) is 1. The fraction of sp³-hybridized carbons (Fsp3) is 0.591. The lowest BCUT2D eigenvalue weighted by molar-refractivity contribution is 0.269. The minimum Gasteiger partial charge on any atom is -0.352 e. The van der Waals surface area contributed by atoms with Crippen molar-refractivity contribution < 1.29 is 0 Å². The molecule has 1 aliphatic heterocycles. The zero-order valence-corrected chi connectivity index (χ0v) is 20.2. The number of nitrogens with zero attached hydrogens (tertiary/aromatic N) is 4. The monoisotopic (exact) mass is 499 g/mol. The van der Waals surface area contributed by atoms with Gasteiger partial charge in [0, 0.05) is 46.8 Å². The van der Waals surface area contributed by atoms with Crippen LogP contribution in [0.1, 0.15) is 30.4 Å². The van der Waals surface area contributed by atoms with Crippen molar-refractivity contribution in [2.24, 2.45) is 4.99 Å². The lowest BCUT2D eigenvalue weighted by atomic mass is 10.1. The Hall–Kier alpha value is -1.12. The molecule has 0 amide bonds. The summed E-state index contributed by atoms with van der Waals surface area (Å²) in [6.45, 7) is 11.4. The number of aliphatic imine (C=N–C) groups is 1. The fourth-order valence-electron chi connectivity index (χ4n) is 3.42. The highest BCUT2D eigenvalue weighted by atomic mass is 127. The summed E-state index contributed by atoms with van der Waals surface area (Å²) in [6.07, 6.45) is 5.37. The van der Waals surface area contributed by atoms with Crippen molar-refractivity contribution in [3.05, 3.63) is 48.0 Å². The van der Waals surface area contributed by atoms with Crippen LogP contribution < -0.4 is 5.32 Å². The molecule has 1 N–H and O–H groups in total. The first-order valence-electron chi connectivity index (χ1n) is 10.1. The zero-order chi connectivity index (χ0) is 19.5. The van der Waals surface area contributed by atoms with Gasteiger partial charge in [0.1, 0.15) is 0 Å². The molecule has 1 aromatic carbocycles. The molecule has 1 fully saturated rings. The molecule has 1 heterocycles. The second-order valence-corrected chi connectivity index (χ2v) is 7.50. The summed E-state index contributed by atoms with van der Waals surface area (Å²) in [4.78, 5) is 11.6. The van der Waals surface area contributed by atoms with Crippen LogP contribution in [0.3, 0.4) is 0 Å². The van der Waals surface area contributed by atoms with Gasteiger partial charge >= 0.3 is 0 Å². The predicted octanol–water partition coefficient (Wildman–Crippen LogP) is 3.42. The average Bonchev–Trinajstić information content (AvgIpc) is 2.88. The molecule has 1 aliphatic rings. The third-order valence-electron chi connectivity index (χ3n) is 5.17. The standard InChI is InChI=1S/C22H37N5.HI/c1-5-6-7-14-26(4)22(23-2)24-18-20-9-11-21(12-10-20)19-27-15-8-13-25(3)16-17-27;/h5,9-12H,1,6-8,13-19H2,2-4H3,(H,23,24);1H. The molecule has 2 rings (SSSR count). The van der Waals surface area contributed by atoms with E-state index in [9.17, 15) is 0 Å². The van der Waals surface area contributed by atoms with E-state index in [4.69, 9.17) is 0 Å². The summed E-state index contributed by atoms with van der Waals surface area (Å²) < 4.78 is 0. The third kappa shape index (κ3) is 8.92. The molecule has 0 spiro atoms. The topological polar surface area (TPSA) is 34.1 Å². The van der Waals surface area contributed by atoms with Crippen LogP contribution >= 0.6 is 24.0 Å². The first-order chi connectivity index (χ1) is 13.1. The van der Waals surface area contributed by atoms with Gasteiger partial charge in [0.2, 0.25) is 0 Å². The Balaban J connectivity index is 0.00000392. The number of allylic oxidation sites excluding steroid dienone is 1. The largest absolute Gasteiger partial charge is 0.352 e. The molecular formula is C22H38IN5. The van der Waals surface area contributed by atoms with Gasteiger partial charge in [-0.25, -0.2) is 0 Å². The van der Waals surface area contributed by atoms with Crippen molar-refractivity contribution in [2.75, 3.05) is 53.9 Å². The molecule has 6 heteroatoms. The van der Waals surface area contributed by atoms with Crippen LogP contribution in [0.5, 0.6) is 0 Å². The van der Waals surface area contributed by atoms with Crippen LogP contribution in [0, 0.1) is 0 Å². The Morgan fingerprint density at radius 1 is 1.18 bits per heavy atom. The van der Waals surface area contributed by atoms with E-state index in [1.165, 1.54) is 37.2 Å². The Kier molecular flexibility index (Phi) is 12.4. The molecule has 0 atom stereocenters. The Labute approximate surface area is 188 Å². The van der Waals surface area contributed by atoms with Crippen LogP contribution in [-0.2, 0) is 13.1 Å². The second-order valence-electron chi connectivity index (χ2n) is 7.50. The van der Waals surface area contributed by atoms with Crippen LogP contribution in [0.25, 0.3) is 0 Å². The van der Waals surface area contributed by atoms with E-state index < -0.39 is 0 Å². The summed E-state index contributed by atoms with van der Waals surface area (Å²) in [7, 11) is 6.14. The molecule has 0 aliphatic carbocycles. The van der Waals surface area contributed by atoms with Gasteiger partial charge in [0.15, 0.2) is 5.96 Å². The number of nitrogens with one attached hydrogen (secondary N) is 1. The number of halogens is 1. The highest BCUT2D eigenvalue weighted by Gasteiger charge is 2.12. The van der Waals surface area contributed by atoms with Gasteiger partial charge in [-0.2, -0.15) is 0 Å². The highest BCUT2D eigenvalue weighted by molar-refractivity contribution is 14.0. The lowest BCUT2D eigenvalue weighted by Crippen LogP contribution is -2.38. The number of unbranched alkanes of at least 4 members (excludes halogenated alkanes) is 1. The van der Waals surface area contributed by atoms with E-state index in [0.29, 0.717) is 0 Å². The van der Waals surface area contributed by atoms with E-state index in [1.54, 1.807) is 0 Å². The minimum absolute atomic E-state index is 0. The predicted molar refractivity (Wildman–Crippen MR) is 132 cm³/mol. The number of benzene rings is 1. The second kappa shape index (κ2) is 14.0. The quantitative estimate of drug-likeness (QED) is 0.196. The zero-order valence-electron chi connectivity index (χ0n) is 17.9. The third-order valence-corrected chi connectivity index (χ3v) is 5.17. The van der Waals surface area contributed by atoms with Crippen LogP contribution in [0.2, 0.25) is 0 Å². The first kappa shape index (κ1) is 24.9. The Morgan fingerprint density at radius 3 is 2.57 bits per heavy atom. The maximum absolute atomic E-state index is 4.39. The minimum atomic E-state index is 0. The van der Waals surface area contributed by atoms with E-state index in [1.807, 2.05) is 13.1 Å². The van der Waals surface area contributed by atoms with Gasteiger partial charge < -0.3 is 15.1 Å². The maximum atomic E-state index is 4.39. The fourth-order valence-corrected chi connectivity index (χ4v) is 3.42. The summed E-state index contributed by atoms with van der Waals surface area (Å²) in [5.74, 6) is 0.942. The normalized spacial score (nSPS) is 16.2. The molecule has 0 radical (unpaired) electrons. The molecule has 1 aromatic rings. The lowest BCUT2D eigenvalue weighted by Gasteiger charge is -2.22. The van der Waals surface area contributed by atoms with Gasteiger partial charge in [0.25, 0.3) is 0 Å². The molecule has 0 bridgehead atoms. The summed E-state index contributed by atoms with van der Waals surface area (Å²) >= 11 is 0. The van der Waals surface area contributed by atoms with Gasteiger partial charge in [-0.15, -0.1) is 30.6 Å². The number of guanidine groups is 1. The van der Waals surface area contributed by atoms with E-state index >= 15 is 0 Å². The molecule has 5 nitrogen and oxygen atoms in total. The molecule has 0 saturated carbocycles. The van der Waals surface area contributed by atoms with E-state index in [-0.39, 0.29) is 24.0 Å². The van der Waals surface area contributed by atoms with Crippen molar-refractivity contribution in [1.82, 2.24) is 20.0 Å². The van der Waals surface area contributed by atoms with Crippen LogP contribution in [-0.4, -0.2) is 74.5 Å². The van der Waals surface area contributed by atoms with Gasteiger partial charge in [-0.05, 0) is 50.5 Å². The molecule has 0 aromatic heterocycles. The van der Waals surface area contributed by atoms with Crippen molar-refractivity contribution in [2.45, 2.75) is 32.4 Å². The Morgan fingerprint density at radius 2 is 1.89 bits per heavy atom. The summed E-state index contributed by atoms with van der Waals surface area (Å²) in [5, 5.41) is 3.46.